The van der Waals surface area contributed by atoms with Crippen LogP contribution in [0.3, 0.4) is 0 Å². The van der Waals surface area contributed by atoms with Crippen molar-refractivity contribution in [2.45, 2.75) is 18.8 Å². The minimum Gasteiger partial charge on any atom is -0.478 e. The normalized spacial score (nSPS) is 11.6. The van der Waals surface area contributed by atoms with Crippen LogP contribution in [0.2, 0.25) is 0 Å². The summed E-state index contributed by atoms with van der Waals surface area (Å²) in [4.78, 5) is 32.8. The summed E-state index contributed by atoms with van der Waals surface area (Å²) in [6, 6.07) is 6.43. The number of nitrogens with two attached hydrogens (primary N) is 2. The number of alkyl halides is 6. The molecule has 0 unspecified atom stereocenters. The molecule has 0 amide bonds. The smallest absolute Gasteiger partial charge is 0.478 e. The fourth-order valence-electron chi connectivity index (χ4n) is 2.25. The summed E-state index contributed by atoms with van der Waals surface area (Å²) in [6.45, 7) is 0. The van der Waals surface area contributed by atoms with E-state index in [-0.39, 0.29) is 28.5 Å². The van der Waals surface area contributed by atoms with E-state index >= 15 is 0 Å². The first-order chi connectivity index (χ1) is 15.9. The summed E-state index contributed by atoms with van der Waals surface area (Å²) in [5, 5.41) is 32.3. The van der Waals surface area contributed by atoms with Gasteiger partial charge >= 0.3 is 30.3 Å². The van der Waals surface area contributed by atoms with E-state index in [9.17, 15) is 31.1 Å². The number of nitriles is 1. The van der Waals surface area contributed by atoms with E-state index in [1.54, 1.807) is 6.07 Å². The highest BCUT2D eigenvalue weighted by Crippen LogP contribution is 2.40. The third-order valence-electron chi connectivity index (χ3n) is 3.81. The Morgan fingerprint density at radius 1 is 1.00 bits per heavy atom. The molecule has 0 bridgehead atoms. The third kappa shape index (κ3) is 7.38. The average molecular weight is 510 g/mol. The standard InChI is InChI=1S/C14H10N4O3.2C2HF3O2/c15-5-9-11(16)8-4-7-3-6(14(19)20)1-2-10(7)21-13(8)18-12(9)17;2*3-2(4,5)1(6)7/h1-3H,4H2,(H,19,20)(H4,16,17,18);2*(H,6,7). The molecule has 1 aliphatic heterocycles. The van der Waals surface area contributed by atoms with Crippen LogP contribution >= 0.6 is 0 Å². The maximum Gasteiger partial charge on any atom is 0.490 e. The molecule has 11 nitrogen and oxygen atoms in total. The van der Waals surface area contributed by atoms with Gasteiger partial charge in [-0.2, -0.15) is 36.6 Å². The van der Waals surface area contributed by atoms with Crippen molar-refractivity contribution < 1.29 is 60.8 Å². The van der Waals surface area contributed by atoms with E-state index < -0.39 is 30.3 Å². The Hall–Kier alpha value is -4.75. The number of hydrogen-bond donors (Lipinski definition) is 5. The molecule has 17 heteroatoms. The molecule has 0 saturated carbocycles. The summed E-state index contributed by atoms with van der Waals surface area (Å²) in [7, 11) is 0. The Morgan fingerprint density at radius 3 is 1.89 bits per heavy atom. The van der Waals surface area contributed by atoms with Crippen molar-refractivity contribution in [2.75, 3.05) is 11.5 Å². The number of anilines is 2. The number of carboxylic acid groups (broad SMARTS) is 3. The first-order valence-electron chi connectivity index (χ1n) is 8.52. The number of pyridine rings is 1. The largest absolute Gasteiger partial charge is 0.490 e. The highest BCUT2D eigenvalue weighted by molar-refractivity contribution is 5.88. The predicted molar refractivity (Wildman–Crippen MR) is 101 cm³/mol. The number of halogens is 6. The van der Waals surface area contributed by atoms with E-state index in [1.807, 2.05) is 6.07 Å². The minimum atomic E-state index is -5.08. The Kier molecular flexibility index (Phi) is 8.45. The zero-order chi connectivity index (χ0) is 27.3. The number of rotatable bonds is 1. The molecule has 2 aromatic rings. The molecular weight excluding hydrogens is 498 g/mol. The van der Waals surface area contributed by atoms with Crippen LogP contribution in [-0.4, -0.2) is 50.6 Å². The number of ether oxygens (including phenoxy) is 1. The first kappa shape index (κ1) is 28.3. The molecule has 1 aromatic carbocycles. The summed E-state index contributed by atoms with van der Waals surface area (Å²) in [5.41, 5.74) is 13.3. The lowest BCUT2D eigenvalue weighted by molar-refractivity contribution is -0.193. The average Bonchev–Trinajstić information content (AvgIpc) is 2.72. The van der Waals surface area contributed by atoms with E-state index in [2.05, 4.69) is 4.98 Å². The van der Waals surface area contributed by atoms with Crippen molar-refractivity contribution >= 4 is 29.4 Å². The van der Waals surface area contributed by atoms with E-state index in [4.69, 9.17) is 46.4 Å². The number of hydrogen-bond acceptors (Lipinski definition) is 8. The zero-order valence-electron chi connectivity index (χ0n) is 16.7. The number of aliphatic carboxylic acids is 2. The van der Waals surface area contributed by atoms with Gasteiger partial charge in [0, 0.05) is 17.5 Å². The lowest BCUT2D eigenvalue weighted by atomic mass is 9.97. The summed E-state index contributed by atoms with van der Waals surface area (Å²) in [5.74, 6) is -5.77. The number of aromatic nitrogens is 1. The van der Waals surface area contributed by atoms with Crippen LogP contribution in [0.15, 0.2) is 18.2 Å². The highest BCUT2D eigenvalue weighted by Gasteiger charge is 2.38. The lowest BCUT2D eigenvalue weighted by Gasteiger charge is -2.21. The van der Waals surface area contributed by atoms with Gasteiger partial charge in [0.25, 0.3) is 0 Å². The van der Waals surface area contributed by atoms with Crippen molar-refractivity contribution in [2.24, 2.45) is 0 Å². The van der Waals surface area contributed by atoms with E-state index in [0.717, 1.165) is 0 Å². The van der Waals surface area contributed by atoms with Crippen molar-refractivity contribution in [3.8, 4) is 17.7 Å². The SMILES string of the molecule is N#Cc1c(N)nc2c(c1N)Cc1cc(C(=O)O)ccc1O2.O=C(O)C(F)(F)F.O=C(O)C(F)(F)F. The zero-order valence-corrected chi connectivity index (χ0v) is 16.7. The van der Waals surface area contributed by atoms with Gasteiger partial charge in [-0.1, -0.05) is 0 Å². The number of nitrogens with zero attached hydrogens (tertiary/aromatic N) is 2. The number of nitrogen functional groups attached to an aromatic ring is 2. The monoisotopic (exact) mass is 510 g/mol. The van der Waals surface area contributed by atoms with E-state index in [0.29, 0.717) is 23.3 Å². The molecule has 3 rings (SSSR count). The molecule has 0 atom stereocenters. The second-order valence-corrected chi connectivity index (χ2v) is 6.19. The van der Waals surface area contributed by atoms with Crippen LogP contribution in [0.4, 0.5) is 37.8 Å². The number of benzene rings is 1. The van der Waals surface area contributed by atoms with Crippen LogP contribution < -0.4 is 16.2 Å². The van der Waals surface area contributed by atoms with Crippen LogP contribution in [0, 0.1) is 11.3 Å². The van der Waals surface area contributed by atoms with E-state index in [1.165, 1.54) is 12.1 Å². The van der Waals surface area contributed by atoms with Gasteiger partial charge < -0.3 is 31.5 Å². The minimum absolute atomic E-state index is 0.0133. The molecule has 0 spiro atoms. The maximum atomic E-state index is 11.0. The molecule has 2 heterocycles. The van der Waals surface area contributed by atoms with Gasteiger partial charge in [0.1, 0.15) is 23.2 Å². The van der Waals surface area contributed by atoms with Crippen molar-refractivity contribution in [3.05, 3.63) is 40.5 Å². The Morgan fingerprint density at radius 2 is 1.49 bits per heavy atom. The van der Waals surface area contributed by atoms with Crippen LogP contribution in [0.1, 0.15) is 27.0 Å². The van der Waals surface area contributed by atoms with Gasteiger partial charge in [0.15, 0.2) is 0 Å². The molecule has 0 fully saturated rings. The van der Waals surface area contributed by atoms with Gasteiger partial charge in [-0.25, -0.2) is 14.4 Å². The Labute approximate surface area is 189 Å². The summed E-state index contributed by atoms with van der Waals surface area (Å²) >= 11 is 0. The topological polar surface area (TPSA) is 210 Å². The molecular formula is C18H12F6N4O7. The fourth-order valence-corrected chi connectivity index (χ4v) is 2.25. The number of carbonyl (C=O) groups is 3. The Balaban J connectivity index is 0.000000362. The predicted octanol–water partition coefficient (Wildman–Crippen LogP) is 2.78. The molecule has 0 saturated heterocycles. The van der Waals surface area contributed by atoms with Gasteiger partial charge in [-0.05, 0) is 18.2 Å². The quantitative estimate of drug-likeness (QED) is 0.300. The molecule has 0 radical (unpaired) electrons. The first-order valence-corrected chi connectivity index (χ1v) is 8.52. The van der Waals surface area contributed by atoms with Gasteiger partial charge in [-0.3, -0.25) is 0 Å². The summed E-state index contributed by atoms with van der Waals surface area (Å²) < 4.78 is 69.1. The lowest BCUT2D eigenvalue weighted by Crippen LogP contribution is -2.21. The second-order valence-electron chi connectivity index (χ2n) is 6.19. The second kappa shape index (κ2) is 10.5. The number of carboxylic acids is 3. The van der Waals surface area contributed by atoms with Gasteiger partial charge in [-0.15, -0.1) is 0 Å². The molecule has 35 heavy (non-hydrogen) atoms. The molecule has 7 N–H and O–H groups in total. The number of aromatic carboxylic acids is 1. The third-order valence-corrected chi connectivity index (χ3v) is 3.81. The number of fused-ring (bicyclic) bond motifs is 2. The van der Waals surface area contributed by atoms with Crippen LogP contribution in [-0.2, 0) is 16.0 Å². The van der Waals surface area contributed by atoms with Gasteiger partial charge in [0.05, 0.1) is 11.3 Å². The van der Waals surface area contributed by atoms with Crippen LogP contribution in [0.25, 0.3) is 0 Å². The maximum absolute atomic E-state index is 11.0. The fraction of sp³-hybridized carbons (Fsp3) is 0.167. The molecule has 1 aromatic heterocycles. The van der Waals surface area contributed by atoms with Crippen molar-refractivity contribution in [1.29, 1.82) is 5.26 Å². The van der Waals surface area contributed by atoms with Gasteiger partial charge in [0.2, 0.25) is 5.88 Å². The van der Waals surface area contributed by atoms with Crippen LogP contribution in [0.5, 0.6) is 11.6 Å². The van der Waals surface area contributed by atoms with Crippen molar-refractivity contribution in [1.82, 2.24) is 4.98 Å². The molecule has 188 valence electrons. The van der Waals surface area contributed by atoms with Crippen molar-refractivity contribution in [3.63, 3.8) is 0 Å². The molecule has 0 aliphatic carbocycles. The molecule has 1 aliphatic rings. The Bertz CT molecular complexity index is 1180. The highest BCUT2D eigenvalue weighted by atomic mass is 19.4. The summed E-state index contributed by atoms with van der Waals surface area (Å²) in [6.07, 6.45) is -9.83.